The van der Waals surface area contributed by atoms with Crippen LogP contribution in [0.25, 0.3) is 0 Å². The van der Waals surface area contributed by atoms with Crippen molar-refractivity contribution in [3.8, 4) is 11.5 Å². The number of hydroxylamine groups is 2. The van der Waals surface area contributed by atoms with E-state index < -0.39 is 35.8 Å². The summed E-state index contributed by atoms with van der Waals surface area (Å²) in [6, 6.07) is 15.8. The highest BCUT2D eigenvalue weighted by molar-refractivity contribution is 6.07. The minimum Gasteiger partial charge on any atom is -0.457 e. The van der Waals surface area contributed by atoms with Gasteiger partial charge in [0.15, 0.2) is 6.10 Å². The standard InChI is InChI=1S/C19H17N3O5/c20-14(23)10-22-16(15-17(27-22)19(25)21-18(15)24)11-6-8-13(9-7-11)26-12-4-2-1-3-5-12/h1-9,15-17H,10H2,(H2,20,23)(H,21,24,25). The Hall–Kier alpha value is -3.23. The first-order valence-corrected chi connectivity index (χ1v) is 8.42. The molecule has 4 rings (SSSR count). The third-order valence-electron chi connectivity index (χ3n) is 4.55. The number of primary amides is 1. The quantitative estimate of drug-likeness (QED) is 0.760. The van der Waals surface area contributed by atoms with Crippen molar-refractivity contribution < 1.29 is 24.0 Å². The maximum Gasteiger partial charge on any atom is 0.258 e. The number of benzene rings is 2. The summed E-state index contributed by atoms with van der Waals surface area (Å²) < 4.78 is 5.76. The number of carbonyl (C=O) groups is 3. The number of nitrogens with one attached hydrogen (secondary N) is 1. The van der Waals surface area contributed by atoms with Gasteiger partial charge in [-0.05, 0) is 29.8 Å². The Bertz CT molecular complexity index is 884. The van der Waals surface area contributed by atoms with Crippen LogP contribution in [0.2, 0.25) is 0 Å². The fraction of sp³-hybridized carbons (Fsp3) is 0.211. The smallest absolute Gasteiger partial charge is 0.258 e. The second kappa shape index (κ2) is 6.82. The summed E-state index contributed by atoms with van der Waals surface area (Å²) in [5.74, 6) is -0.966. The Balaban J connectivity index is 1.60. The summed E-state index contributed by atoms with van der Waals surface area (Å²) >= 11 is 0. The zero-order valence-electron chi connectivity index (χ0n) is 14.2. The van der Waals surface area contributed by atoms with Crippen LogP contribution in [0.5, 0.6) is 11.5 Å². The van der Waals surface area contributed by atoms with Crippen molar-refractivity contribution in [2.24, 2.45) is 11.7 Å². The van der Waals surface area contributed by atoms with E-state index in [2.05, 4.69) is 5.32 Å². The van der Waals surface area contributed by atoms with Crippen molar-refractivity contribution in [1.82, 2.24) is 10.4 Å². The van der Waals surface area contributed by atoms with Crippen LogP contribution in [-0.4, -0.2) is 35.4 Å². The Kier molecular flexibility index (Phi) is 4.35. The van der Waals surface area contributed by atoms with Crippen LogP contribution in [0.15, 0.2) is 54.6 Å². The molecule has 27 heavy (non-hydrogen) atoms. The van der Waals surface area contributed by atoms with Crippen molar-refractivity contribution >= 4 is 17.7 Å². The fourth-order valence-corrected chi connectivity index (χ4v) is 3.41. The van der Waals surface area contributed by atoms with E-state index in [0.29, 0.717) is 17.1 Å². The summed E-state index contributed by atoms with van der Waals surface area (Å²) in [5, 5.41) is 3.57. The molecule has 2 heterocycles. The van der Waals surface area contributed by atoms with Crippen LogP contribution >= 0.6 is 0 Å². The zero-order chi connectivity index (χ0) is 19.0. The lowest BCUT2D eigenvalue weighted by Gasteiger charge is -2.24. The zero-order valence-corrected chi connectivity index (χ0v) is 14.2. The molecule has 8 nitrogen and oxygen atoms in total. The summed E-state index contributed by atoms with van der Waals surface area (Å²) in [4.78, 5) is 41.0. The molecule has 2 aliphatic rings. The number of amides is 3. The number of ether oxygens (including phenoxy) is 1. The Morgan fingerprint density at radius 1 is 1.04 bits per heavy atom. The number of imide groups is 1. The highest BCUT2D eigenvalue weighted by Gasteiger charge is 2.56. The van der Waals surface area contributed by atoms with Gasteiger partial charge in [0.1, 0.15) is 18.0 Å². The number of nitrogens with two attached hydrogens (primary N) is 1. The number of hydrogen-bond acceptors (Lipinski definition) is 6. The van der Waals surface area contributed by atoms with Crippen LogP contribution in [0, 0.1) is 5.92 Å². The summed E-state index contributed by atoms with van der Waals surface area (Å²) in [6.45, 7) is -0.222. The van der Waals surface area contributed by atoms with Gasteiger partial charge in [-0.3, -0.25) is 24.5 Å². The van der Waals surface area contributed by atoms with E-state index in [-0.39, 0.29) is 6.54 Å². The highest BCUT2D eigenvalue weighted by atomic mass is 16.7. The molecular weight excluding hydrogens is 350 g/mol. The molecule has 0 saturated carbocycles. The van der Waals surface area contributed by atoms with Gasteiger partial charge in [-0.1, -0.05) is 30.3 Å². The molecule has 3 amide bonds. The van der Waals surface area contributed by atoms with Crippen LogP contribution in [-0.2, 0) is 19.2 Å². The number of rotatable bonds is 5. The molecule has 2 aliphatic heterocycles. The minimum absolute atomic E-state index is 0.222. The SMILES string of the molecule is NC(=O)CN1OC2C(=O)NC(=O)C2C1c1ccc(Oc2ccccc2)cc1. The van der Waals surface area contributed by atoms with Gasteiger partial charge in [0.05, 0.1) is 12.0 Å². The van der Waals surface area contributed by atoms with Crippen molar-refractivity contribution in [2.45, 2.75) is 12.1 Å². The van der Waals surface area contributed by atoms with Gasteiger partial charge in [-0.15, -0.1) is 0 Å². The summed E-state index contributed by atoms with van der Waals surface area (Å²) in [7, 11) is 0. The lowest BCUT2D eigenvalue weighted by Crippen LogP contribution is -2.37. The van der Waals surface area contributed by atoms with Gasteiger partial charge in [-0.2, -0.15) is 5.06 Å². The average Bonchev–Trinajstić information content (AvgIpc) is 3.14. The van der Waals surface area contributed by atoms with E-state index in [1.165, 1.54) is 5.06 Å². The molecule has 0 aliphatic carbocycles. The molecule has 0 radical (unpaired) electrons. The van der Waals surface area contributed by atoms with E-state index in [1.54, 1.807) is 24.3 Å². The van der Waals surface area contributed by atoms with Crippen LogP contribution in [0.1, 0.15) is 11.6 Å². The van der Waals surface area contributed by atoms with E-state index in [1.807, 2.05) is 30.3 Å². The van der Waals surface area contributed by atoms with E-state index in [0.717, 1.165) is 0 Å². The number of fused-ring (bicyclic) bond motifs is 1. The van der Waals surface area contributed by atoms with Gasteiger partial charge >= 0.3 is 0 Å². The highest BCUT2D eigenvalue weighted by Crippen LogP contribution is 2.42. The van der Waals surface area contributed by atoms with Crippen molar-refractivity contribution in [3.05, 3.63) is 60.2 Å². The Morgan fingerprint density at radius 3 is 2.37 bits per heavy atom. The van der Waals surface area contributed by atoms with E-state index in [4.69, 9.17) is 15.3 Å². The predicted octanol–water partition coefficient (Wildman–Crippen LogP) is 0.894. The number of nitrogens with zero attached hydrogens (tertiary/aromatic N) is 1. The molecule has 2 aromatic rings. The molecule has 0 bridgehead atoms. The Labute approximate surface area is 154 Å². The largest absolute Gasteiger partial charge is 0.457 e. The number of hydrogen-bond donors (Lipinski definition) is 2. The molecule has 3 unspecified atom stereocenters. The predicted molar refractivity (Wildman–Crippen MR) is 93.1 cm³/mol. The molecule has 2 saturated heterocycles. The topological polar surface area (TPSA) is 111 Å². The molecule has 3 atom stereocenters. The van der Waals surface area contributed by atoms with E-state index >= 15 is 0 Å². The normalized spacial score (nSPS) is 24.5. The maximum atomic E-state index is 12.2. The number of para-hydroxylation sites is 1. The van der Waals surface area contributed by atoms with Crippen LogP contribution in [0.4, 0.5) is 0 Å². The first kappa shape index (κ1) is 17.2. The number of carbonyl (C=O) groups excluding carboxylic acids is 3. The van der Waals surface area contributed by atoms with Gasteiger partial charge < -0.3 is 10.5 Å². The lowest BCUT2D eigenvalue weighted by molar-refractivity contribution is -0.176. The van der Waals surface area contributed by atoms with Gasteiger partial charge in [0, 0.05) is 0 Å². The second-order valence-corrected chi connectivity index (χ2v) is 6.38. The first-order valence-electron chi connectivity index (χ1n) is 8.42. The van der Waals surface area contributed by atoms with Gasteiger partial charge in [0.25, 0.3) is 5.91 Å². The van der Waals surface area contributed by atoms with Gasteiger partial charge in [-0.25, -0.2) is 0 Å². The monoisotopic (exact) mass is 367 g/mol. The maximum absolute atomic E-state index is 12.2. The van der Waals surface area contributed by atoms with Gasteiger partial charge in [0.2, 0.25) is 11.8 Å². The fourth-order valence-electron chi connectivity index (χ4n) is 3.41. The minimum atomic E-state index is -0.956. The van der Waals surface area contributed by atoms with Crippen molar-refractivity contribution in [1.29, 1.82) is 0 Å². The molecule has 0 aromatic heterocycles. The average molecular weight is 367 g/mol. The third kappa shape index (κ3) is 3.27. The third-order valence-corrected chi connectivity index (χ3v) is 4.55. The van der Waals surface area contributed by atoms with E-state index in [9.17, 15) is 14.4 Å². The molecule has 2 fully saturated rings. The summed E-state index contributed by atoms with van der Waals surface area (Å²) in [5.41, 5.74) is 5.99. The first-order chi connectivity index (χ1) is 13.0. The molecule has 0 spiro atoms. The molecular formula is C19H17N3O5. The molecule has 8 heteroatoms. The molecule has 2 aromatic carbocycles. The summed E-state index contributed by atoms with van der Waals surface area (Å²) in [6.07, 6.45) is -0.956. The van der Waals surface area contributed by atoms with Crippen molar-refractivity contribution in [3.63, 3.8) is 0 Å². The van der Waals surface area contributed by atoms with Crippen LogP contribution in [0.3, 0.4) is 0 Å². The van der Waals surface area contributed by atoms with Crippen LogP contribution < -0.4 is 15.8 Å². The molecule has 138 valence electrons. The Morgan fingerprint density at radius 2 is 1.70 bits per heavy atom. The lowest BCUT2D eigenvalue weighted by atomic mass is 9.91. The van der Waals surface area contributed by atoms with Crippen molar-refractivity contribution in [2.75, 3.05) is 6.54 Å². The molecule has 3 N–H and O–H groups in total. The second-order valence-electron chi connectivity index (χ2n) is 6.38.